The minimum absolute atomic E-state index is 0.0198. The molecule has 0 rings (SSSR count). The van der Waals surface area contributed by atoms with Crippen LogP contribution in [0.3, 0.4) is 0 Å². The zero-order valence-corrected chi connectivity index (χ0v) is 10.7. The first-order chi connectivity index (χ1) is 8.21. The molecule has 0 N–H and O–H groups in total. The molecule has 0 aliphatic carbocycles. The third-order valence-electron chi connectivity index (χ3n) is 2.61. The van der Waals surface area contributed by atoms with Gasteiger partial charge in [0.1, 0.15) is 6.54 Å². The maximum atomic E-state index is 13.3. The highest BCUT2D eigenvalue weighted by Crippen LogP contribution is 2.49. The van der Waals surface area contributed by atoms with Gasteiger partial charge in [0.25, 0.3) is 0 Å². The molecule has 0 aromatic rings. The highest BCUT2D eigenvalue weighted by molar-refractivity contribution is 4.97. The average molecular weight is 302 g/mol. The lowest BCUT2D eigenvalue weighted by molar-refractivity contribution is -0.899. The maximum absolute atomic E-state index is 13.3. The smallest absolute Gasteiger partial charge is 0.323 e. The molecule has 0 spiro atoms. The molecule has 19 heavy (non-hydrogen) atoms. The van der Waals surface area contributed by atoms with Crippen molar-refractivity contribution in [2.45, 2.75) is 37.5 Å². The summed E-state index contributed by atoms with van der Waals surface area (Å²) < 4.78 is 101. The van der Waals surface area contributed by atoms with Gasteiger partial charge in [0.15, 0.2) is 0 Å². The van der Waals surface area contributed by atoms with Crippen molar-refractivity contribution in [3.63, 3.8) is 0 Å². The van der Waals surface area contributed by atoms with Crippen LogP contribution in [0.5, 0.6) is 0 Å². The lowest BCUT2D eigenvalue weighted by Crippen LogP contribution is -2.63. The Labute approximate surface area is 105 Å². The monoisotopic (exact) mass is 302 g/mol. The van der Waals surface area contributed by atoms with E-state index in [0.29, 0.717) is 6.42 Å². The fourth-order valence-electron chi connectivity index (χ4n) is 1.70. The molecule has 0 radical (unpaired) electrons. The van der Waals surface area contributed by atoms with E-state index in [9.17, 15) is 35.1 Å². The molecule has 0 heterocycles. The fraction of sp³-hybridized carbons (Fsp3) is 1.00. The van der Waals surface area contributed by atoms with E-state index in [0.717, 1.165) is 14.1 Å². The SMILES string of the molecule is CCC[N+](C)(C)CC(F)(F)C(F)(F)C(F)(F)C(F)F. The van der Waals surface area contributed by atoms with Gasteiger partial charge in [-0.15, -0.1) is 0 Å². The Bertz CT molecular complexity index is 300. The van der Waals surface area contributed by atoms with Crippen LogP contribution >= 0.6 is 0 Å². The third-order valence-corrected chi connectivity index (χ3v) is 2.61. The zero-order chi connectivity index (χ0) is 15.7. The predicted molar refractivity (Wildman–Crippen MR) is 53.0 cm³/mol. The molecule has 0 saturated heterocycles. The summed E-state index contributed by atoms with van der Waals surface area (Å²) in [5.41, 5.74) is 0. The summed E-state index contributed by atoms with van der Waals surface area (Å²) in [5, 5.41) is 0. The van der Waals surface area contributed by atoms with E-state index < -0.39 is 35.2 Å². The first kappa shape index (κ1) is 18.4. The molecule has 0 saturated carbocycles. The van der Waals surface area contributed by atoms with Gasteiger partial charge in [0.05, 0.1) is 20.6 Å². The molecular weight excluding hydrogens is 286 g/mol. The first-order valence-electron chi connectivity index (χ1n) is 5.45. The van der Waals surface area contributed by atoms with Gasteiger partial charge < -0.3 is 4.48 Å². The van der Waals surface area contributed by atoms with Gasteiger partial charge in [0, 0.05) is 0 Å². The molecule has 0 amide bonds. The lowest BCUT2D eigenvalue weighted by Gasteiger charge is -2.38. The Balaban J connectivity index is 5.29. The van der Waals surface area contributed by atoms with Crippen LogP contribution in [0.15, 0.2) is 0 Å². The second-order valence-electron chi connectivity index (χ2n) is 5.02. The summed E-state index contributed by atoms with van der Waals surface area (Å²) in [7, 11) is 2.27. The molecule has 1 nitrogen and oxygen atoms in total. The van der Waals surface area contributed by atoms with Crippen LogP contribution in [0.4, 0.5) is 35.1 Å². The van der Waals surface area contributed by atoms with E-state index in [1.54, 1.807) is 6.92 Å². The number of rotatable bonds is 7. The highest BCUT2D eigenvalue weighted by atomic mass is 19.4. The van der Waals surface area contributed by atoms with Crippen molar-refractivity contribution in [3.8, 4) is 0 Å². The Kier molecular flexibility index (Phi) is 5.24. The average Bonchev–Trinajstić information content (AvgIpc) is 2.14. The van der Waals surface area contributed by atoms with E-state index in [2.05, 4.69) is 0 Å². The first-order valence-corrected chi connectivity index (χ1v) is 5.45. The van der Waals surface area contributed by atoms with Crippen molar-refractivity contribution in [1.82, 2.24) is 0 Å². The Morgan fingerprint density at radius 3 is 1.68 bits per heavy atom. The van der Waals surface area contributed by atoms with Gasteiger partial charge in [-0.1, -0.05) is 6.92 Å². The number of alkyl halides is 8. The van der Waals surface area contributed by atoms with Gasteiger partial charge in [-0.3, -0.25) is 0 Å². The topological polar surface area (TPSA) is 0 Å². The van der Waals surface area contributed by atoms with E-state index in [4.69, 9.17) is 0 Å². The van der Waals surface area contributed by atoms with Crippen LogP contribution < -0.4 is 0 Å². The van der Waals surface area contributed by atoms with Crippen molar-refractivity contribution in [2.24, 2.45) is 0 Å². The second kappa shape index (κ2) is 5.41. The Morgan fingerprint density at radius 2 is 1.37 bits per heavy atom. The van der Waals surface area contributed by atoms with Crippen LogP contribution in [-0.4, -0.2) is 55.9 Å². The van der Waals surface area contributed by atoms with Crippen molar-refractivity contribution in [2.75, 3.05) is 27.2 Å². The Morgan fingerprint density at radius 1 is 0.947 bits per heavy atom. The van der Waals surface area contributed by atoms with Crippen LogP contribution in [0.2, 0.25) is 0 Å². The van der Waals surface area contributed by atoms with Gasteiger partial charge in [-0.2, -0.15) is 26.3 Å². The molecule has 0 bridgehead atoms. The van der Waals surface area contributed by atoms with E-state index in [1.807, 2.05) is 0 Å². The zero-order valence-electron chi connectivity index (χ0n) is 10.7. The van der Waals surface area contributed by atoms with E-state index in [-0.39, 0.29) is 6.54 Å². The van der Waals surface area contributed by atoms with Crippen molar-refractivity contribution >= 4 is 0 Å². The van der Waals surface area contributed by atoms with Crippen LogP contribution in [0, 0.1) is 0 Å². The minimum Gasteiger partial charge on any atom is -0.323 e. The summed E-state index contributed by atoms with van der Waals surface area (Å²) in [4.78, 5) is 0. The van der Waals surface area contributed by atoms with Crippen molar-refractivity contribution in [1.29, 1.82) is 0 Å². The van der Waals surface area contributed by atoms with Crippen LogP contribution in [-0.2, 0) is 0 Å². The number of hydrogen-bond donors (Lipinski definition) is 0. The number of nitrogens with zero attached hydrogens (tertiary/aromatic N) is 1. The van der Waals surface area contributed by atoms with E-state index >= 15 is 0 Å². The normalized spacial score (nSPS) is 15.2. The lowest BCUT2D eigenvalue weighted by atomic mass is 10.0. The van der Waals surface area contributed by atoms with Crippen molar-refractivity contribution in [3.05, 3.63) is 0 Å². The Hall–Kier alpha value is -0.600. The molecule has 0 aromatic heterocycles. The molecule has 116 valence electrons. The van der Waals surface area contributed by atoms with Gasteiger partial charge in [-0.25, -0.2) is 8.78 Å². The number of hydrogen-bond acceptors (Lipinski definition) is 0. The molecule has 0 aliphatic heterocycles. The fourth-order valence-corrected chi connectivity index (χ4v) is 1.70. The third kappa shape index (κ3) is 3.70. The summed E-state index contributed by atoms with van der Waals surface area (Å²) >= 11 is 0. The number of halogens is 8. The summed E-state index contributed by atoms with van der Waals surface area (Å²) in [6, 6.07) is 0. The van der Waals surface area contributed by atoms with E-state index in [1.165, 1.54) is 0 Å². The second-order valence-corrected chi connectivity index (χ2v) is 5.02. The largest absolute Gasteiger partial charge is 0.383 e. The molecule has 0 fully saturated rings. The predicted octanol–water partition coefficient (Wildman–Crippen LogP) is 3.64. The summed E-state index contributed by atoms with van der Waals surface area (Å²) in [6.45, 7) is -0.0495. The maximum Gasteiger partial charge on any atom is 0.383 e. The summed E-state index contributed by atoms with van der Waals surface area (Å²) in [6.07, 6.45) is -4.52. The standard InChI is InChI=1S/C10H16F8N/c1-4-5-19(2,3)6-8(13,14)10(17,18)9(15,16)7(11)12/h7H,4-6H2,1-3H3/q+1. The van der Waals surface area contributed by atoms with Gasteiger partial charge >= 0.3 is 24.2 Å². The molecule has 0 aliphatic rings. The van der Waals surface area contributed by atoms with Crippen LogP contribution in [0.25, 0.3) is 0 Å². The molecule has 9 heteroatoms. The quantitative estimate of drug-likeness (QED) is 0.497. The number of quaternary nitrogens is 1. The molecule has 0 atom stereocenters. The summed E-state index contributed by atoms with van der Waals surface area (Å²) in [5.74, 6) is -17.4. The van der Waals surface area contributed by atoms with Crippen molar-refractivity contribution < 1.29 is 39.6 Å². The molecular formula is C10H16F8N+. The molecule has 0 aromatic carbocycles. The van der Waals surface area contributed by atoms with Crippen LogP contribution in [0.1, 0.15) is 13.3 Å². The minimum atomic E-state index is -6.11. The molecule has 0 unspecified atom stereocenters. The highest BCUT2D eigenvalue weighted by Gasteiger charge is 2.76. The van der Waals surface area contributed by atoms with Gasteiger partial charge in [0.2, 0.25) is 0 Å². The van der Waals surface area contributed by atoms with Gasteiger partial charge in [-0.05, 0) is 6.42 Å².